The molecular formula is C12H25ClN2O. The van der Waals surface area contributed by atoms with Gasteiger partial charge in [0.1, 0.15) is 0 Å². The molecule has 2 rings (SSSR count). The molecule has 96 valence electrons. The Labute approximate surface area is 105 Å². The molecule has 1 unspecified atom stereocenters. The molecule has 4 heteroatoms. The number of halogens is 1. The molecule has 2 saturated heterocycles. The zero-order chi connectivity index (χ0) is 10.9. The number of morpholine rings is 1. The number of nitrogens with zero attached hydrogens (tertiary/aromatic N) is 1. The summed E-state index contributed by atoms with van der Waals surface area (Å²) in [5, 5.41) is 3.47. The van der Waals surface area contributed by atoms with Crippen molar-refractivity contribution in [1.29, 1.82) is 0 Å². The zero-order valence-electron chi connectivity index (χ0n) is 10.7. The molecule has 0 saturated carbocycles. The van der Waals surface area contributed by atoms with Gasteiger partial charge in [-0.25, -0.2) is 0 Å². The van der Waals surface area contributed by atoms with Crippen LogP contribution in [-0.4, -0.2) is 49.8 Å². The Hall–Kier alpha value is 0.170. The molecule has 3 atom stereocenters. The third kappa shape index (κ3) is 3.59. The van der Waals surface area contributed by atoms with Gasteiger partial charge < -0.3 is 10.1 Å². The molecule has 3 nitrogen and oxygen atoms in total. The van der Waals surface area contributed by atoms with Crippen molar-refractivity contribution in [2.24, 2.45) is 5.41 Å². The molecule has 2 aliphatic heterocycles. The lowest BCUT2D eigenvalue weighted by Crippen LogP contribution is -2.49. The number of rotatable bonds is 2. The van der Waals surface area contributed by atoms with Gasteiger partial charge in [-0.2, -0.15) is 0 Å². The van der Waals surface area contributed by atoms with Crippen LogP contribution in [0.25, 0.3) is 0 Å². The van der Waals surface area contributed by atoms with Gasteiger partial charge >= 0.3 is 0 Å². The Balaban J connectivity index is 0.00000128. The van der Waals surface area contributed by atoms with Crippen LogP contribution in [0.4, 0.5) is 0 Å². The van der Waals surface area contributed by atoms with E-state index in [2.05, 4.69) is 31.0 Å². The Bertz CT molecular complexity index is 209. The summed E-state index contributed by atoms with van der Waals surface area (Å²) in [5.41, 5.74) is 0.483. The van der Waals surface area contributed by atoms with Crippen LogP contribution in [-0.2, 0) is 4.74 Å². The highest BCUT2D eigenvalue weighted by atomic mass is 35.5. The Morgan fingerprint density at radius 3 is 2.44 bits per heavy atom. The van der Waals surface area contributed by atoms with Crippen molar-refractivity contribution in [2.75, 3.05) is 32.7 Å². The maximum atomic E-state index is 5.76. The van der Waals surface area contributed by atoms with E-state index >= 15 is 0 Å². The van der Waals surface area contributed by atoms with Crippen LogP contribution in [0, 0.1) is 5.41 Å². The molecule has 0 bridgehead atoms. The second-order valence-electron chi connectivity index (χ2n) is 5.69. The van der Waals surface area contributed by atoms with Crippen LogP contribution < -0.4 is 5.32 Å². The second kappa shape index (κ2) is 5.67. The van der Waals surface area contributed by atoms with Crippen molar-refractivity contribution in [3.05, 3.63) is 0 Å². The summed E-state index contributed by atoms with van der Waals surface area (Å²) in [4.78, 5) is 2.58. The summed E-state index contributed by atoms with van der Waals surface area (Å²) >= 11 is 0. The largest absolute Gasteiger partial charge is 0.373 e. The number of hydrogen-bond donors (Lipinski definition) is 1. The number of hydrogen-bond acceptors (Lipinski definition) is 3. The zero-order valence-corrected chi connectivity index (χ0v) is 11.5. The fourth-order valence-electron chi connectivity index (χ4n) is 2.96. The first-order valence-corrected chi connectivity index (χ1v) is 6.16. The highest BCUT2D eigenvalue weighted by Gasteiger charge is 2.33. The van der Waals surface area contributed by atoms with E-state index in [0.29, 0.717) is 17.6 Å². The fourth-order valence-corrected chi connectivity index (χ4v) is 2.96. The highest BCUT2D eigenvalue weighted by molar-refractivity contribution is 5.85. The van der Waals surface area contributed by atoms with Crippen molar-refractivity contribution >= 4 is 12.4 Å². The molecule has 2 aliphatic rings. The molecular weight excluding hydrogens is 224 g/mol. The minimum Gasteiger partial charge on any atom is -0.373 e. The van der Waals surface area contributed by atoms with Gasteiger partial charge in [-0.1, -0.05) is 6.92 Å². The van der Waals surface area contributed by atoms with Gasteiger partial charge in [-0.3, -0.25) is 4.90 Å². The van der Waals surface area contributed by atoms with Gasteiger partial charge in [-0.15, -0.1) is 12.4 Å². The van der Waals surface area contributed by atoms with Gasteiger partial charge in [0.05, 0.1) is 12.2 Å². The van der Waals surface area contributed by atoms with Crippen molar-refractivity contribution < 1.29 is 4.74 Å². The molecule has 2 heterocycles. The average molecular weight is 249 g/mol. The van der Waals surface area contributed by atoms with E-state index in [0.717, 1.165) is 13.1 Å². The van der Waals surface area contributed by atoms with Gasteiger partial charge in [0.15, 0.2) is 0 Å². The minimum atomic E-state index is 0. The van der Waals surface area contributed by atoms with Gasteiger partial charge in [0, 0.05) is 26.2 Å². The van der Waals surface area contributed by atoms with Crippen molar-refractivity contribution in [1.82, 2.24) is 10.2 Å². The normalized spacial score (nSPS) is 40.7. The summed E-state index contributed by atoms with van der Waals surface area (Å²) in [6.45, 7) is 12.5. The maximum absolute atomic E-state index is 5.76. The van der Waals surface area contributed by atoms with Crippen LogP contribution in [0.15, 0.2) is 0 Å². The molecule has 16 heavy (non-hydrogen) atoms. The fraction of sp³-hybridized carbons (Fsp3) is 1.00. The first-order valence-electron chi connectivity index (χ1n) is 6.16. The molecule has 0 aromatic carbocycles. The summed E-state index contributed by atoms with van der Waals surface area (Å²) in [7, 11) is 0. The third-order valence-corrected chi connectivity index (χ3v) is 3.56. The van der Waals surface area contributed by atoms with Crippen LogP contribution in [0.3, 0.4) is 0 Å². The summed E-state index contributed by atoms with van der Waals surface area (Å²) in [6.07, 6.45) is 2.10. The molecule has 0 spiro atoms. The van der Waals surface area contributed by atoms with Crippen LogP contribution >= 0.6 is 12.4 Å². The molecule has 0 aromatic rings. The standard InChI is InChI=1S/C12H24N2O.ClH/c1-10-6-14(7-11(2)15-10)9-12(3)4-5-13-8-12;/h10-11,13H,4-9H2,1-3H3;1H/t10-,11+,12?;. The molecule has 0 aliphatic carbocycles. The molecule has 0 amide bonds. The Morgan fingerprint density at radius 2 is 1.94 bits per heavy atom. The predicted molar refractivity (Wildman–Crippen MR) is 69.3 cm³/mol. The van der Waals surface area contributed by atoms with E-state index < -0.39 is 0 Å². The van der Waals surface area contributed by atoms with Crippen molar-refractivity contribution in [3.63, 3.8) is 0 Å². The van der Waals surface area contributed by atoms with E-state index in [1.54, 1.807) is 0 Å². The second-order valence-corrected chi connectivity index (χ2v) is 5.69. The van der Waals surface area contributed by atoms with E-state index in [1.807, 2.05) is 0 Å². The van der Waals surface area contributed by atoms with Crippen molar-refractivity contribution in [2.45, 2.75) is 39.4 Å². The lowest BCUT2D eigenvalue weighted by atomic mass is 9.89. The topological polar surface area (TPSA) is 24.5 Å². The highest BCUT2D eigenvalue weighted by Crippen LogP contribution is 2.27. The van der Waals surface area contributed by atoms with E-state index in [1.165, 1.54) is 26.1 Å². The lowest BCUT2D eigenvalue weighted by molar-refractivity contribution is -0.0755. The SMILES string of the molecule is C[C@@H]1CN(CC2(C)CCNC2)C[C@H](C)O1.Cl. The maximum Gasteiger partial charge on any atom is 0.0678 e. The summed E-state index contributed by atoms with van der Waals surface area (Å²) in [5.74, 6) is 0. The van der Waals surface area contributed by atoms with E-state index in [-0.39, 0.29) is 12.4 Å². The van der Waals surface area contributed by atoms with E-state index in [9.17, 15) is 0 Å². The van der Waals surface area contributed by atoms with Gasteiger partial charge in [-0.05, 0) is 32.2 Å². The smallest absolute Gasteiger partial charge is 0.0678 e. The number of ether oxygens (including phenoxy) is 1. The first-order chi connectivity index (χ1) is 7.07. The van der Waals surface area contributed by atoms with Gasteiger partial charge in [0.2, 0.25) is 0 Å². The quantitative estimate of drug-likeness (QED) is 0.802. The monoisotopic (exact) mass is 248 g/mol. The van der Waals surface area contributed by atoms with Crippen LogP contribution in [0.2, 0.25) is 0 Å². The molecule has 0 radical (unpaired) electrons. The van der Waals surface area contributed by atoms with Crippen LogP contribution in [0.5, 0.6) is 0 Å². The van der Waals surface area contributed by atoms with Crippen molar-refractivity contribution in [3.8, 4) is 0 Å². The molecule has 2 fully saturated rings. The van der Waals surface area contributed by atoms with Gasteiger partial charge in [0.25, 0.3) is 0 Å². The van der Waals surface area contributed by atoms with E-state index in [4.69, 9.17) is 4.74 Å². The number of nitrogens with one attached hydrogen (secondary N) is 1. The minimum absolute atomic E-state index is 0. The predicted octanol–water partition coefficient (Wildman–Crippen LogP) is 1.52. The Kier molecular flexibility index (Phi) is 5.05. The molecule has 0 aromatic heterocycles. The third-order valence-electron chi connectivity index (χ3n) is 3.56. The molecule has 1 N–H and O–H groups in total. The summed E-state index contributed by atoms with van der Waals surface area (Å²) < 4.78 is 5.76. The average Bonchev–Trinajstić information content (AvgIpc) is 2.49. The lowest BCUT2D eigenvalue weighted by Gasteiger charge is -2.39. The first kappa shape index (κ1) is 14.2. The Morgan fingerprint density at radius 1 is 1.31 bits per heavy atom. The van der Waals surface area contributed by atoms with Crippen LogP contribution in [0.1, 0.15) is 27.2 Å². The summed E-state index contributed by atoms with van der Waals surface area (Å²) in [6, 6.07) is 0.